The third-order valence-corrected chi connectivity index (χ3v) is 6.47. The molecule has 3 aromatic rings. The van der Waals surface area contributed by atoms with Crippen molar-refractivity contribution >= 4 is 17.6 Å². The van der Waals surface area contributed by atoms with E-state index < -0.39 is 23.7 Å². The molecule has 0 aliphatic rings. The van der Waals surface area contributed by atoms with Crippen LogP contribution in [-0.2, 0) is 11.2 Å². The molecule has 0 heterocycles. The Hall–Kier alpha value is -2.77. The summed E-state index contributed by atoms with van der Waals surface area (Å²) in [5, 5.41) is 23.8. The molecule has 0 amide bonds. The first-order valence-corrected chi connectivity index (χ1v) is 12.3. The molecule has 7 heteroatoms. The van der Waals surface area contributed by atoms with Gasteiger partial charge in [-0.1, -0.05) is 54.1 Å². The number of carbonyl (C=O) groups is 1. The van der Waals surface area contributed by atoms with Crippen LogP contribution in [0.1, 0.15) is 53.9 Å². The van der Waals surface area contributed by atoms with Gasteiger partial charge >= 0.3 is 5.97 Å². The zero-order chi connectivity index (χ0) is 26.5. The van der Waals surface area contributed by atoms with E-state index in [2.05, 4.69) is 5.32 Å². The molecule has 0 saturated heterocycles. The predicted octanol–water partition coefficient (Wildman–Crippen LogP) is 6.20. The number of nitrogens with one attached hydrogen (secondary N) is 1. The van der Waals surface area contributed by atoms with Crippen molar-refractivity contribution in [3.63, 3.8) is 0 Å². The van der Waals surface area contributed by atoms with Crippen LogP contribution in [0.25, 0.3) is 11.1 Å². The van der Waals surface area contributed by atoms with Crippen LogP contribution in [0.3, 0.4) is 0 Å². The van der Waals surface area contributed by atoms with Crippen LogP contribution in [0.15, 0.2) is 60.7 Å². The number of carboxylic acid groups (broad SMARTS) is 1. The van der Waals surface area contributed by atoms with Crippen molar-refractivity contribution in [3.05, 3.63) is 93.8 Å². The van der Waals surface area contributed by atoms with Gasteiger partial charge in [0.1, 0.15) is 5.82 Å². The van der Waals surface area contributed by atoms with Crippen LogP contribution in [-0.4, -0.2) is 41.0 Å². The molecule has 3 rings (SSSR count). The van der Waals surface area contributed by atoms with E-state index in [9.17, 15) is 19.4 Å². The molecule has 2 atom stereocenters. The third kappa shape index (κ3) is 7.14. The Morgan fingerprint density at radius 2 is 1.83 bits per heavy atom. The summed E-state index contributed by atoms with van der Waals surface area (Å²) in [6, 6.07) is 17.8. The molecule has 0 bridgehead atoms. The lowest BCUT2D eigenvalue weighted by Crippen LogP contribution is -2.46. The van der Waals surface area contributed by atoms with Crippen LogP contribution in [0.2, 0.25) is 5.02 Å². The second-order valence-electron chi connectivity index (χ2n) is 9.68. The van der Waals surface area contributed by atoms with Crippen molar-refractivity contribution in [2.24, 2.45) is 0 Å². The fourth-order valence-electron chi connectivity index (χ4n) is 4.35. The number of aromatic carboxylic acids is 1. The number of carboxylic acids is 1. The molecule has 1 unspecified atom stereocenters. The minimum absolute atomic E-state index is 0.0462. The standard InChI is InChI=1S/C29H33ClFNO4/c1-18-24(28(34)35)12-13-25(20-8-6-5-7-9-20)27(18)19(2)36-17-23(33)16-32-29(3,4)15-21-10-11-22(30)14-26(21)31/h5-14,19,23,32-33H,15-17H2,1-4H3,(H,34,35)/t19?,23-/m1/s1. The number of benzene rings is 3. The monoisotopic (exact) mass is 513 g/mol. The largest absolute Gasteiger partial charge is 0.478 e. The van der Waals surface area contributed by atoms with Crippen LogP contribution in [0, 0.1) is 12.7 Å². The third-order valence-electron chi connectivity index (χ3n) is 6.24. The maximum absolute atomic E-state index is 14.2. The molecule has 0 aliphatic heterocycles. The highest BCUT2D eigenvalue weighted by Crippen LogP contribution is 2.34. The zero-order valence-corrected chi connectivity index (χ0v) is 21.8. The average molecular weight is 514 g/mol. The quantitative estimate of drug-likeness (QED) is 0.284. The van der Waals surface area contributed by atoms with Gasteiger partial charge in [0.25, 0.3) is 0 Å². The first kappa shape index (κ1) is 27.8. The number of rotatable bonds is 11. The van der Waals surface area contributed by atoms with Crippen LogP contribution in [0.5, 0.6) is 0 Å². The second kappa shape index (κ2) is 12.0. The molecule has 3 N–H and O–H groups in total. The van der Waals surface area contributed by atoms with Crippen LogP contribution in [0.4, 0.5) is 4.39 Å². The molecule has 36 heavy (non-hydrogen) atoms. The van der Waals surface area contributed by atoms with Gasteiger partial charge in [-0.3, -0.25) is 0 Å². The number of aliphatic hydroxyl groups is 1. The van der Waals surface area contributed by atoms with E-state index in [4.69, 9.17) is 16.3 Å². The van der Waals surface area contributed by atoms with Crippen molar-refractivity contribution in [1.82, 2.24) is 5.32 Å². The van der Waals surface area contributed by atoms with Crippen molar-refractivity contribution in [1.29, 1.82) is 0 Å². The lowest BCUT2D eigenvalue weighted by molar-refractivity contribution is -0.00424. The summed E-state index contributed by atoms with van der Waals surface area (Å²) in [7, 11) is 0. The number of halogens is 2. The molecule has 0 spiro atoms. The molecule has 0 radical (unpaired) electrons. The number of β-amino-alcohol motifs (C(OH)–C–C–N with tert-alkyl or cyclic N) is 1. The van der Waals surface area contributed by atoms with E-state index in [-0.39, 0.29) is 24.5 Å². The molecule has 0 aromatic heterocycles. The Kier molecular flexibility index (Phi) is 9.25. The predicted molar refractivity (Wildman–Crippen MR) is 141 cm³/mol. The van der Waals surface area contributed by atoms with E-state index in [1.54, 1.807) is 31.2 Å². The highest BCUT2D eigenvalue weighted by atomic mass is 35.5. The van der Waals surface area contributed by atoms with Gasteiger partial charge in [0.05, 0.1) is 24.4 Å². The minimum Gasteiger partial charge on any atom is -0.478 e. The second-order valence-corrected chi connectivity index (χ2v) is 10.1. The fraction of sp³-hybridized carbons (Fsp3) is 0.345. The highest BCUT2D eigenvalue weighted by Gasteiger charge is 2.23. The van der Waals surface area contributed by atoms with Crippen molar-refractivity contribution in [2.45, 2.75) is 51.9 Å². The van der Waals surface area contributed by atoms with Crippen molar-refractivity contribution < 1.29 is 24.1 Å². The lowest BCUT2D eigenvalue weighted by atomic mass is 9.90. The number of aliphatic hydroxyl groups excluding tert-OH is 1. The zero-order valence-electron chi connectivity index (χ0n) is 21.0. The highest BCUT2D eigenvalue weighted by molar-refractivity contribution is 6.30. The van der Waals surface area contributed by atoms with Crippen molar-refractivity contribution in [3.8, 4) is 11.1 Å². The Balaban J connectivity index is 1.67. The molecular weight excluding hydrogens is 481 g/mol. The molecule has 0 aliphatic carbocycles. The first-order chi connectivity index (χ1) is 17.0. The van der Waals surface area contributed by atoms with Gasteiger partial charge < -0.3 is 20.3 Å². The summed E-state index contributed by atoms with van der Waals surface area (Å²) in [5.74, 6) is -1.35. The van der Waals surface area contributed by atoms with E-state index in [0.29, 0.717) is 22.6 Å². The Bertz CT molecular complexity index is 1200. The summed E-state index contributed by atoms with van der Waals surface area (Å²) >= 11 is 5.84. The van der Waals surface area contributed by atoms with Gasteiger partial charge in [0.2, 0.25) is 0 Å². The van der Waals surface area contributed by atoms with Crippen LogP contribution >= 0.6 is 11.6 Å². The van der Waals surface area contributed by atoms with Gasteiger partial charge in [0, 0.05) is 17.1 Å². The molecule has 0 fully saturated rings. The van der Waals surface area contributed by atoms with E-state index in [1.165, 1.54) is 6.07 Å². The molecule has 5 nitrogen and oxygen atoms in total. The number of hydrogen-bond acceptors (Lipinski definition) is 4. The summed E-state index contributed by atoms with van der Waals surface area (Å²) in [6.07, 6.45) is -0.850. The van der Waals surface area contributed by atoms with E-state index in [0.717, 1.165) is 16.7 Å². The minimum atomic E-state index is -0.996. The number of ether oxygens (including phenoxy) is 1. The fourth-order valence-corrected chi connectivity index (χ4v) is 4.51. The van der Waals surface area contributed by atoms with Gasteiger partial charge in [-0.25, -0.2) is 9.18 Å². The van der Waals surface area contributed by atoms with Gasteiger partial charge in [0.15, 0.2) is 0 Å². The van der Waals surface area contributed by atoms with Gasteiger partial charge in [-0.2, -0.15) is 0 Å². The Morgan fingerprint density at radius 1 is 1.14 bits per heavy atom. The summed E-state index contributed by atoms with van der Waals surface area (Å²) < 4.78 is 20.2. The number of hydrogen-bond donors (Lipinski definition) is 3. The smallest absolute Gasteiger partial charge is 0.335 e. The summed E-state index contributed by atoms with van der Waals surface area (Å²) in [4.78, 5) is 11.7. The van der Waals surface area contributed by atoms with Crippen molar-refractivity contribution in [2.75, 3.05) is 13.2 Å². The topological polar surface area (TPSA) is 78.8 Å². The Labute approximate surface area is 216 Å². The molecular formula is C29H33ClFNO4. The molecule has 192 valence electrons. The SMILES string of the molecule is Cc1c(C(=O)O)ccc(-c2ccccc2)c1C(C)OC[C@H](O)CNC(C)(C)Cc1ccc(Cl)cc1F. The maximum atomic E-state index is 14.2. The maximum Gasteiger partial charge on any atom is 0.335 e. The summed E-state index contributed by atoms with van der Waals surface area (Å²) in [5.41, 5.74) is 3.55. The van der Waals surface area contributed by atoms with E-state index in [1.807, 2.05) is 51.1 Å². The first-order valence-electron chi connectivity index (χ1n) is 11.9. The van der Waals surface area contributed by atoms with Crippen LogP contribution < -0.4 is 5.32 Å². The van der Waals surface area contributed by atoms with Gasteiger partial charge in [-0.15, -0.1) is 0 Å². The summed E-state index contributed by atoms with van der Waals surface area (Å²) in [6.45, 7) is 7.79. The van der Waals surface area contributed by atoms with Gasteiger partial charge in [-0.05, 0) is 80.1 Å². The van der Waals surface area contributed by atoms with E-state index >= 15 is 0 Å². The molecule has 0 saturated carbocycles. The normalized spacial score (nSPS) is 13.4. The molecule has 3 aromatic carbocycles. The Morgan fingerprint density at radius 3 is 2.47 bits per heavy atom. The lowest BCUT2D eigenvalue weighted by Gasteiger charge is -2.29. The average Bonchev–Trinajstić information content (AvgIpc) is 2.83.